The summed E-state index contributed by atoms with van der Waals surface area (Å²) in [5.74, 6) is 0. The van der Waals surface area contributed by atoms with Crippen LogP contribution >= 0.6 is 43.5 Å². The summed E-state index contributed by atoms with van der Waals surface area (Å²) < 4.78 is 18.0. The fourth-order valence-electron chi connectivity index (χ4n) is 3.20. The third kappa shape index (κ3) is 3.95. The molecule has 0 N–H and O–H groups in total. The molecule has 3 rings (SSSR count). The van der Waals surface area contributed by atoms with Crippen molar-refractivity contribution >= 4 is 43.5 Å². The van der Waals surface area contributed by atoms with Crippen LogP contribution in [-0.2, 0) is 14.2 Å². The second-order valence-corrected chi connectivity index (χ2v) is 8.11. The quantitative estimate of drug-likeness (QED) is 0.351. The van der Waals surface area contributed by atoms with Gasteiger partial charge in [-0.2, -0.15) is 0 Å². The van der Waals surface area contributed by atoms with Crippen molar-refractivity contribution in [2.75, 3.05) is 0 Å². The molecule has 0 spiro atoms. The van der Waals surface area contributed by atoms with Gasteiger partial charge in [0, 0.05) is 16.2 Å². The van der Waals surface area contributed by atoms with E-state index in [-0.39, 0.29) is 42.0 Å². The van der Waals surface area contributed by atoms with Crippen LogP contribution in [0.25, 0.3) is 0 Å². The first-order valence-electron chi connectivity index (χ1n) is 7.34. The van der Waals surface area contributed by atoms with Gasteiger partial charge in [0.2, 0.25) is 0 Å². The molecule has 3 heterocycles. The predicted octanol–water partition coefficient (Wildman–Crippen LogP) is 3.91. The number of hydrogen-bond donors (Lipinski definition) is 0. The molecule has 0 radical (unpaired) electrons. The number of halogens is 3. The molecule has 21 heavy (non-hydrogen) atoms. The Bertz CT molecular complexity index is 441. The molecule has 0 aromatic carbocycles. The van der Waals surface area contributed by atoms with Crippen LogP contribution in [0.15, 0.2) is 16.8 Å². The van der Waals surface area contributed by atoms with Crippen molar-refractivity contribution in [3.8, 4) is 0 Å². The molecule has 0 aromatic rings. The summed E-state index contributed by atoms with van der Waals surface area (Å²) in [6.45, 7) is 2.07. The normalized spacial score (nSPS) is 49.5. The van der Waals surface area contributed by atoms with Crippen molar-refractivity contribution in [1.29, 1.82) is 0 Å². The first-order valence-corrected chi connectivity index (χ1v) is 9.61. The number of epoxide rings is 1. The van der Waals surface area contributed by atoms with E-state index in [0.29, 0.717) is 4.83 Å². The fourth-order valence-corrected chi connectivity index (χ4v) is 4.40. The molecule has 0 aliphatic carbocycles. The number of ether oxygens (including phenoxy) is 3. The minimum atomic E-state index is -0.0597. The lowest BCUT2D eigenvalue weighted by molar-refractivity contribution is -0.0308. The van der Waals surface area contributed by atoms with Crippen LogP contribution in [0.4, 0.5) is 0 Å². The molecule has 0 aromatic heterocycles. The zero-order valence-corrected chi connectivity index (χ0v) is 15.7. The summed E-state index contributed by atoms with van der Waals surface area (Å²) in [5.41, 5.74) is 3.04. The summed E-state index contributed by atoms with van der Waals surface area (Å²) >= 11 is 13.5. The maximum atomic E-state index is 6.47. The van der Waals surface area contributed by atoms with E-state index < -0.39 is 0 Å². The lowest BCUT2D eigenvalue weighted by Gasteiger charge is -2.22. The van der Waals surface area contributed by atoms with Crippen molar-refractivity contribution in [1.82, 2.24) is 0 Å². The van der Waals surface area contributed by atoms with Gasteiger partial charge in [-0.05, 0) is 25.8 Å². The molecule has 0 saturated carbocycles. The molecule has 3 aliphatic rings. The van der Waals surface area contributed by atoms with Gasteiger partial charge in [-0.25, -0.2) is 0 Å². The van der Waals surface area contributed by atoms with Crippen molar-refractivity contribution in [3.05, 3.63) is 16.8 Å². The summed E-state index contributed by atoms with van der Waals surface area (Å²) in [7, 11) is 0. The van der Waals surface area contributed by atoms with Crippen LogP contribution < -0.4 is 0 Å². The average molecular weight is 443 g/mol. The van der Waals surface area contributed by atoms with Gasteiger partial charge in [-0.1, -0.05) is 31.9 Å². The zero-order chi connectivity index (χ0) is 15.0. The molecular formula is C15H19Br2ClO3. The molecule has 0 amide bonds. The Balaban J connectivity index is 1.78. The number of fused-ring (bicyclic) bond motifs is 3. The molecule has 2 bridgehead atoms. The van der Waals surface area contributed by atoms with E-state index in [9.17, 15) is 0 Å². The minimum absolute atomic E-state index is 0.0256. The van der Waals surface area contributed by atoms with Crippen LogP contribution in [0.5, 0.6) is 0 Å². The van der Waals surface area contributed by atoms with Crippen molar-refractivity contribution in [2.45, 2.75) is 73.0 Å². The molecule has 6 heteroatoms. The van der Waals surface area contributed by atoms with Crippen molar-refractivity contribution < 1.29 is 14.2 Å². The van der Waals surface area contributed by atoms with Crippen LogP contribution in [0, 0.1) is 0 Å². The van der Waals surface area contributed by atoms with Crippen molar-refractivity contribution in [3.63, 3.8) is 0 Å². The monoisotopic (exact) mass is 440 g/mol. The Hall–Kier alpha value is 0.650. The van der Waals surface area contributed by atoms with E-state index in [1.807, 2.05) is 6.08 Å². The highest BCUT2D eigenvalue weighted by molar-refractivity contribution is 9.11. The summed E-state index contributed by atoms with van der Waals surface area (Å²) in [4.78, 5) is 1.99. The van der Waals surface area contributed by atoms with E-state index in [0.717, 1.165) is 19.3 Å². The van der Waals surface area contributed by atoms with Gasteiger partial charge >= 0.3 is 0 Å². The van der Waals surface area contributed by atoms with Gasteiger partial charge in [0.15, 0.2) is 0 Å². The van der Waals surface area contributed by atoms with Gasteiger partial charge in [0.25, 0.3) is 0 Å². The van der Waals surface area contributed by atoms with Crippen LogP contribution in [0.2, 0.25) is 0 Å². The Morgan fingerprint density at radius 1 is 1.10 bits per heavy atom. The number of alkyl halides is 2. The highest BCUT2D eigenvalue weighted by Gasteiger charge is 2.48. The van der Waals surface area contributed by atoms with Gasteiger partial charge in [0.1, 0.15) is 6.10 Å². The summed E-state index contributed by atoms with van der Waals surface area (Å²) in [6, 6.07) is 0. The van der Waals surface area contributed by atoms with Gasteiger partial charge < -0.3 is 14.2 Å². The molecule has 1 unspecified atom stereocenters. The first kappa shape index (κ1) is 16.5. The van der Waals surface area contributed by atoms with Crippen LogP contribution in [0.3, 0.4) is 0 Å². The van der Waals surface area contributed by atoms with E-state index in [1.165, 1.54) is 0 Å². The van der Waals surface area contributed by atoms with E-state index >= 15 is 0 Å². The fraction of sp³-hybridized carbons (Fsp3) is 0.800. The van der Waals surface area contributed by atoms with Crippen LogP contribution in [0.1, 0.15) is 26.2 Å². The SMILES string of the molecule is C[C@@H]1OC(C=C=CBr)C[C@H]2O[C@@H](C[C@H]2Cl)[C@@H](Br)C[C@H]2O[C@@H]12. The third-order valence-electron chi connectivity index (χ3n) is 4.35. The van der Waals surface area contributed by atoms with E-state index in [4.69, 9.17) is 25.8 Å². The zero-order valence-electron chi connectivity index (χ0n) is 11.8. The predicted molar refractivity (Wildman–Crippen MR) is 89.4 cm³/mol. The van der Waals surface area contributed by atoms with Crippen molar-refractivity contribution in [2.24, 2.45) is 0 Å². The molecule has 118 valence electrons. The maximum Gasteiger partial charge on any atom is 0.110 e. The average Bonchev–Trinajstić information content (AvgIpc) is 3.11. The topological polar surface area (TPSA) is 31.0 Å². The largest absolute Gasteiger partial charge is 0.372 e. The van der Waals surface area contributed by atoms with E-state index in [2.05, 4.69) is 44.5 Å². The second kappa shape index (κ2) is 7.04. The number of rotatable bonds is 1. The lowest BCUT2D eigenvalue weighted by Crippen LogP contribution is -2.29. The highest BCUT2D eigenvalue weighted by Crippen LogP contribution is 2.40. The van der Waals surface area contributed by atoms with Gasteiger partial charge in [-0.15, -0.1) is 17.3 Å². The highest BCUT2D eigenvalue weighted by atomic mass is 79.9. The van der Waals surface area contributed by atoms with E-state index in [1.54, 1.807) is 4.99 Å². The Morgan fingerprint density at radius 2 is 1.90 bits per heavy atom. The smallest absolute Gasteiger partial charge is 0.110 e. The Morgan fingerprint density at radius 3 is 2.67 bits per heavy atom. The molecule has 3 nitrogen and oxygen atoms in total. The van der Waals surface area contributed by atoms with Gasteiger partial charge in [0.05, 0.1) is 35.9 Å². The molecule has 3 fully saturated rings. The van der Waals surface area contributed by atoms with Crippen LogP contribution in [-0.4, -0.2) is 46.8 Å². The maximum absolute atomic E-state index is 6.47. The molecule has 8 atom stereocenters. The second-order valence-electron chi connectivity index (χ2n) is 5.91. The number of hydrogen-bond acceptors (Lipinski definition) is 3. The lowest BCUT2D eigenvalue weighted by atomic mass is 10.0. The minimum Gasteiger partial charge on any atom is -0.372 e. The first-order chi connectivity index (χ1) is 10.1. The molecule has 3 aliphatic heterocycles. The summed E-state index contributed by atoms with van der Waals surface area (Å²) in [5, 5.41) is 0.0353. The summed E-state index contributed by atoms with van der Waals surface area (Å²) in [6.07, 6.45) is 5.14. The Labute approximate surface area is 147 Å². The molecule has 3 saturated heterocycles. The standard InChI is InChI=1S/C15H19Br2ClO3/c1-8-15-14(21-15)6-10(17)12-7-11(18)13(20-12)5-9(19-8)3-2-4-16/h3-4,8-15H,5-7H2,1H3/t2?,8-,9?,10-,11+,12-,13+,14+,15-/m0/s1. The Kier molecular flexibility index (Phi) is 5.53. The van der Waals surface area contributed by atoms with Gasteiger partial charge in [-0.3, -0.25) is 0 Å². The third-order valence-corrected chi connectivity index (χ3v) is 6.04. The molecular weight excluding hydrogens is 423 g/mol.